The molecule has 0 aliphatic carbocycles. The molecule has 0 aromatic heterocycles. The summed E-state index contributed by atoms with van der Waals surface area (Å²) in [7, 11) is 4.31. The average molecular weight is 402 g/mol. The summed E-state index contributed by atoms with van der Waals surface area (Å²) < 4.78 is 0. The first-order valence-electron chi connectivity index (χ1n) is 11.1. The maximum Gasteiger partial charge on any atom is 0.0872 e. The van der Waals surface area contributed by atoms with Gasteiger partial charge in [-0.3, -0.25) is 4.99 Å². The Morgan fingerprint density at radius 3 is 2.60 bits per heavy atom. The first-order valence-corrected chi connectivity index (χ1v) is 11.1. The molecule has 158 valence electrons. The molecule has 0 amide bonds. The van der Waals surface area contributed by atoms with Gasteiger partial charge in [0.15, 0.2) is 0 Å². The third-order valence-electron chi connectivity index (χ3n) is 5.79. The predicted octanol–water partition coefficient (Wildman–Crippen LogP) is 6.36. The molecular formula is C27H35N3. The first kappa shape index (κ1) is 21.9. The van der Waals surface area contributed by atoms with Crippen LogP contribution in [-0.4, -0.2) is 38.3 Å². The van der Waals surface area contributed by atoms with Crippen LogP contribution in [0.3, 0.4) is 0 Å². The molecule has 2 aromatic rings. The van der Waals surface area contributed by atoms with Crippen molar-refractivity contribution in [3.8, 4) is 0 Å². The Morgan fingerprint density at radius 1 is 1.17 bits per heavy atom. The zero-order chi connectivity index (χ0) is 21.5. The number of rotatable bonds is 8. The summed E-state index contributed by atoms with van der Waals surface area (Å²) in [6, 6.07) is 13.2. The van der Waals surface area contributed by atoms with Crippen molar-refractivity contribution in [2.45, 2.75) is 39.5 Å². The van der Waals surface area contributed by atoms with Crippen LogP contribution in [0.4, 0.5) is 11.4 Å². The van der Waals surface area contributed by atoms with E-state index in [0.717, 1.165) is 49.3 Å². The van der Waals surface area contributed by atoms with E-state index in [2.05, 4.69) is 86.8 Å². The van der Waals surface area contributed by atoms with Crippen molar-refractivity contribution in [2.75, 3.05) is 32.1 Å². The molecule has 0 fully saturated rings. The number of hydrogen-bond acceptors (Lipinski definition) is 3. The topological polar surface area (TPSA) is 18.8 Å². The van der Waals surface area contributed by atoms with Gasteiger partial charge in [0.1, 0.15) is 0 Å². The van der Waals surface area contributed by atoms with Crippen molar-refractivity contribution in [1.82, 2.24) is 4.90 Å². The zero-order valence-electron chi connectivity index (χ0n) is 19.0. The molecule has 3 heteroatoms. The molecule has 1 aliphatic rings. The quantitative estimate of drug-likeness (QED) is 0.479. The lowest BCUT2D eigenvalue weighted by atomic mass is 9.98. The van der Waals surface area contributed by atoms with E-state index in [-0.39, 0.29) is 0 Å². The third-order valence-corrected chi connectivity index (χ3v) is 5.79. The monoisotopic (exact) mass is 401 g/mol. The van der Waals surface area contributed by atoms with E-state index in [0.29, 0.717) is 0 Å². The van der Waals surface area contributed by atoms with Gasteiger partial charge in [-0.25, -0.2) is 0 Å². The minimum Gasteiger partial charge on any atom is -0.373 e. The molecule has 2 aromatic carbocycles. The lowest BCUT2D eigenvalue weighted by molar-refractivity contribution is 0.441. The fourth-order valence-corrected chi connectivity index (χ4v) is 4.03. The maximum atomic E-state index is 4.99. The Kier molecular flexibility index (Phi) is 7.51. The summed E-state index contributed by atoms with van der Waals surface area (Å²) in [6.45, 7) is 10.4. The smallest absolute Gasteiger partial charge is 0.0872 e. The second-order valence-corrected chi connectivity index (χ2v) is 8.12. The Balaban J connectivity index is 1.99. The van der Waals surface area contributed by atoms with Crippen molar-refractivity contribution in [2.24, 2.45) is 4.99 Å². The third kappa shape index (κ3) is 5.21. The summed E-state index contributed by atoms with van der Waals surface area (Å²) in [5.41, 5.74) is 8.48. The average Bonchev–Trinajstić information content (AvgIpc) is 2.76. The molecule has 0 saturated heterocycles. The van der Waals surface area contributed by atoms with Gasteiger partial charge < -0.3 is 9.80 Å². The minimum absolute atomic E-state index is 0.996. The summed E-state index contributed by atoms with van der Waals surface area (Å²) in [6.07, 6.45) is 10.6. The second kappa shape index (κ2) is 10.3. The highest BCUT2D eigenvalue weighted by Crippen LogP contribution is 2.37. The van der Waals surface area contributed by atoms with Crippen LogP contribution in [0.2, 0.25) is 0 Å². The standard InChI is InChI=1S/C27H35N3/c1-6-15-29(4)25(18-23-13-11-21(7-2)12-14-23)20-28-26-19-22(8-3)17-24-10-9-16-30(5)27(24)26/h8,11-14,17-20H,3,6-7,9-10,15-16H2,1-2,4-5H3/b25-18-,28-20+. The lowest BCUT2D eigenvalue weighted by Crippen LogP contribution is -2.25. The van der Waals surface area contributed by atoms with E-state index in [4.69, 9.17) is 4.99 Å². The molecule has 0 radical (unpaired) electrons. The molecule has 0 N–H and O–H groups in total. The normalized spacial score (nSPS) is 14.1. The van der Waals surface area contributed by atoms with Gasteiger partial charge in [0.2, 0.25) is 0 Å². The molecule has 0 saturated carbocycles. The first-order chi connectivity index (χ1) is 14.5. The number of allylic oxidation sites excluding steroid dienone is 1. The predicted molar refractivity (Wildman–Crippen MR) is 133 cm³/mol. The number of anilines is 1. The Bertz CT molecular complexity index is 922. The number of nitrogens with zero attached hydrogens (tertiary/aromatic N) is 3. The minimum atomic E-state index is 0.996. The summed E-state index contributed by atoms with van der Waals surface area (Å²) >= 11 is 0. The van der Waals surface area contributed by atoms with Crippen LogP contribution in [0.5, 0.6) is 0 Å². The lowest BCUT2D eigenvalue weighted by Gasteiger charge is -2.29. The van der Waals surface area contributed by atoms with Crippen LogP contribution < -0.4 is 4.90 Å². The highest BCUT2D eigenvalue weighted by atomic mass is 15.1. The summed E-state index contributed by atoms with van der Waals surface area (Å²) in [5, 5.41) is 0. The highest BCUT2D eigenvalue weighted by molar-refractivity contribution is 5.89. The number of aryl methyl sites for hydroxylation is 2. The maximum absolute atomic E-state index is 4.99. The van der Waals surface area contributed by atoms with E-state index >= 15 is 0 Å². The molecule has 1 aliphatic heterocycles. The zero-order valence-corrected chi connectivity index (χ0v) is 19.0. The fourth-order valence-electron chi connectivity index (χ4n) is 4.03. The van der Waals surface area contributed by atoms with Crippen molar-refractivity contribution in [3.63, 3.8) is 0 Å². The fraction of sp³-hybridized carbons (Fsp3) is 0.370. The number of hydrogen-bond donors (Lipinski definition) is 0. The van der Waals surface area contributed by atoms with E-state index in [9.17, 15) is 0 Å². The van der Waals surface area contributed by atoms with Crippen LogP contribution in [-0.2, 0) is 12.8 Å². The van der Waals surface area contributed by atoms with Crippen LogP contribution >= 0.6 is 0 Å². The molecule has 0 unspecified atom stereocenters. The van der Waals surface area contributed by atoms with E-state index in [1.807, 2.05) is 12.3 Å². The SMILES string of the molecule is C=Cc1cc2c(c(/N=C/C(=C/c3ccc(CC)cc3)N(C)CCC)c1)N(C)CCC2. The summed E-state index contributed by atoms with van der Waals surface area (Å²) in [4.78, 5) is 9.60. The number of aliphatic imine (C=N–C) groups is 1. The van der Waals surface area contributed by atoms with Gasteiger partial charge in [-0.05, 0) is 66.1 Å². The van der Waals surface area contributed by atoms with Crippen LogP contribution in [0.1, 0.15) is 48.9 Å². The number of benzene rings is 2. The van der Waals surface area contributed by atoms with E-state index < -0.39 is 0 Å². The van der Waals surface area contributed by atoms with Crippen molar-refractivity contribution in [3.05, 3.63) is 70.9 Å². The van der Waals surface area contributed by atoms with Gasteiger partial charge in [-0.1, -0.05) is 50.8 Å². The van der Waals surface area contributed by atoms with Crippen molar-refractivity contribution < 1.29 is 0 Å². The molecule has 3 rings (SSSR count). The van der Waals surface area contributed by atoms with Gasteiger partial charge in [-0.2, -0.15) is 0 Å². The van der Waals surface area contributed by atoms with Gasteiger partial charge in [0, 0.05) is 27.2 Å². The van der Waals surface area contributed by atoms with Gasteiger partial charge in [0.25, 0.3) is 0 Å². The molecule has 0 atom stereocenters. The molecule has 30 heavy (non-hydrogen) atoms. The Hall–Kier alpha value is -2.81. The van der Waals surface area contributed by atoms with Crippen LogP contribution in [0.25, 0.3) is 12.2 Å². The molecule has 0 spiro atoms. The Morgan fingerprint density at radius 2 is 1.93 bits per heavy atom. The number of fused-ring (bicyclic) bond motifs is 1. The van der Waals surface area contributed by atoms with E-state index in [1.54, 1.807) is 0 Å². The van der Waals surface area contributed by atoms with Gasteiger partial charge in [-0.15, -0.1) is 0 Å². The molecule has 0 bridgehead atoms. The van der Waals surface area contributed by atoms with Crippen molar-refractivity contribution >= 4 is 29.7 Å². The van der Waals surface area contributed by atoms with Crippen molar-refractivity contribution in [1.29, 1.82) is 0 Å². The summed E-state index contributed by atoms with van der Waals surface area (Å²) in [5.74, 6) is 0. The van der Waals surface area contributed by atoms with Crippen LogP contribution in [0, 0.1) is 0 Å². The largest absolute Gasteiger partial charge is 0.373 e. The van der Waals surface area contributed by atoms with E-state index in [1.165, 1.54) is 28.8 Å². The molecular weight excluding hydrogens is 366 g/mol. The second-order valence-electron chi connectivity index (χ2n) is 8.12. The Labute approximate surface area is 182 Å². The molecule has 3 nitrogen and oxygen atoms in total. The van der Waals surface area contributed by atoms with Gasteiger partial charge in [0.05, 0.1) is 23.3 Å². The highest BCUT2D eigenvalue weighted by Gasteiger charge is 2.18. The van der Waals surface area contributed by atoms with Gasteiger partial charge >= 0.3 is 0 Å². The molecule has 1 heterocycles. The van der Waals surface area contributed by atoms with Crippen LogP contribution in [0.15, 0.2) is 53.7 Å².